The van der Waals surface area contributed by atoms with Crippen LogP contribution in [0.2, 0.25) is 25.7 Å². The maximum atomic E-state index is 6.00. The third kappa shape index (κ3) is 4.92. The van der Waals surface area contributed by atoms with Crippen LogP contribution in [-0.2, 0) is 13.0 Å². The quantitative estimate of drug-likeness (QED) is 0.646. The lowest BCUT2D eigenvalue weighted by Gasteiger charge is -2.32. The second-order valence-electron chi connectivity index (χ2n) is 3.79. The molecule has 0 radical (unpaired) electrons. The minimum atomic E-state index is -1.94. The van der Waals surface area contributed by atoms with Gasteiger partial charge >= 0.3 is 17.1 Å². The van der Waals surface area contributed by atoms with E-state index in [0.29, 0.717) is 0 Å². The molecule has 0 aliphatic carbocycles. The summed E-state index contributed by atoms with van der Waals surface area (Å²) in [5.74, 6) is 0. The Morgan fingerprint density at radius 3 is 1.85 bits per heavy atom. The highest BCUT2D eigenvalue weighted by molar-refractivity contribution is 6.79. The fraction of sp³-hybridized carbons (Fsp3) is 1.00. The third-order valence-electron chi connectivity index (χ3n) is 2.09. The van der Waals surface area contributed by atoms with Crippen LogP contribution in [0.1, 0.15) is 13.3 Å². The molecule has 0 fully saturated rings. The summed E-state index contributed by atoms with van der Waals surface area (Å²) < 4.78 is 16.8. The van der Waals surface area contributed by atoms with Crippen LogP contribution in [0, 0.1) is 0 Å². The van der Waals surface area contributed by atoms with E-state index in [1.54, 1.807) is 14.2 Å². The van der Waals surface area contributed by atoms with Crippen LogP contribution in [-0.4, -0.2) is 31.3 Å². The largest absolute Gasteiger partial charge is 0.415 e. The fourth-order valence-corrected chi connectivity index (χ4v) is 7.56. The molecule has 0 aromatic heterocycles. The summed E-state index contributed by atoms with van der Waals surface area (Å²) in [5, 5.41) is 0. The molecule has 1 unspecified atom stereocenters. The highest BCUT2D eigenvalue weighted by Gasteiger charge is 2.37. The van der Waals surface area contributed by atoms with E-state index in [1.807, 2.05) is 13.1 Å². The molecule has 0 aliphatic rings. The van der Waals surface area contributed by atoms with Crippen molar-refractivity contribution in [2.75, 3.05) is 14.2 Å². The lowest BCUT2D eigenvalue weighted by Crippen LogP contribution is -2.49. The van der Waals surface area contributed by atoms with Crippen molar-refractivity contribution in [2.45, 2.75) is 39.0 Å². The van der Waals surface area contributed by atoms with Crippen molar-refractivity contribution in [1.82, 2.24) is 0 Å². The zero-order valence-corrected chi connectivity index (χ0v) is 11.6. The molecular weight excluding hydrogens is 200 g/mol. The van der Waals surface area contributed by atoms with Gasteiger partial charge in [-0.25, -0.2) is 0 Å². The van der Waals surface area contributed by atoms with E-state index in [-0.39, 0.29) is 0 Å². The number of hydrogen-bond donors (Lipinski definition) is 0. The summed E-state index contributed by atoms with van der Waals surface area (Å²) in [6, 6.07) is 1.03. The Labute approximate surface area is 83.9 Å². The first-order valence-corrected chi connectivity index (χ1v) is 10.0. The maximum Gasteiger partial charge on any atom is 0.325 e. The van der Waals surface area contributed by atoms with Gasteiger partial charge < -0.3 is 13.0 Å². The smallest absolute Gasteiger partial charge is 0.325 e. The second-order valence-corrected chi connectivity index (χ2v) is 11.0. The monoisotopic (exact) mass is 222 g/mol. The minimum Gasteiger partial charge on any atom is -0.415 e. The second kappa shape index (κ2) is 5.26. The predicted octanol–water partition coefficient (Wildman–Crippen LogP) is 2.48. The van der Waals surface area contributed by atoms with Crippen molar-refractivity contribution in [3.05, 3.63) is 0 Å². The van der Waals surface area contributed by atoms with Crippen molar-refractivity contribution in [3.63, 3.8) is 0 Å². The molecular formula is C8H22O3Si2. The predicted molar refractivity (Wildman–Crippen MR) is 59.3 cm³/mol. The van der Waals surface area contributed by atoms with Crippen LogP contribution in [0.15, 0.2) is 0 Å². The van der Waals surface area contributed by atoms with Gasteiger partial charge in [-0.15, -0.1) is 0 Å². The molecule has 0 rings (SSSR count). The van der Waals surface area contributed by atoms with Gasteiger partial charge in [0.2, 0.25) is 0 Å². The Morgan fingerprint density at radius 2 is 1.54 bits per heavy atom. The molecule has 0 aromatic carbocycles. The van der Waals surface area contributed by atoms with E-state index in [4.69, 9.17) is 13.0 Å². The molecule has 0 N–H and O–H groups in total. The van der Waals surface area contributed by atoms with Crippen LogP contribution in [0.5, 0.6) is 0 Å². The van der Waals surface area contributed by atoms with Crippen molar-refractivity contribution in [3.8, 4) is 0 Å². The van der Waals surface area contributed by atoms with Gasteiger partial charge in [-0.3, -0.25) is 0 Å². The lowest BCUT2D eigenvalue weighted by atomic mass is 10.6. The average Bonchev–Trinajstić information content (AvgIpc) is 2.04. The Bertz CT molecular complexity index is 152. The molecule has 1 atom stereocenters. The lowest BCUT2D eigenvalue weighted by molar-refractivity contribution is 0.245. The summed E-state index contributed by atoms with van der Waals surface area (Å²) in [5.41, 5.74) is 0. The van der Waals surface area contributed by atoms with Crippen molar-refractivity contribution >= 4 is 17.1 Å². The Morgan fingerprint density at radius 1 is 1.00 bits per heavy atom. The van der Waals surface area contributed by atoms with E-state index >= 15 is 0 Å². The molecule has 5 heteroatoms. The fourth-order valence-electron chi connectivity index (χ4n) is 1.21. The molecule has 0 aliphatic heterocycles. The highest BCUT2D eigenvalue weighted by atomic mass is 28.5. The first kappa shape index (κ1) is 13.3. The molecule has 80 valence electrons. The van der Waals surface area contributed by atoms with Crippen LogP contribution in [0.25, 0.3) is 0 Å². The van der Waals surface area contributed by atoms with E-state index in [0.717, 1.165) is 12.5 Å². The Kier molecular flexibility index (Phi) is 5.38. The van der Waals surface area contributed by atoms with Crippen molar-refractivity contribution in [1.29, 1.82) is 0 Å². The summed E-state index contributed by atoms with van der Waals surface area (Å²) in [6.45, 7) is 8.35. The maximum absolute atomic E-state index is 6.00. The van der Waals surface area contributed by atoms with Gasteiger partial charge in [-0.2, -0.15) is 0 Å². The summed E-state index contributed by atoms with van der Waals surface area (Å²) in [6.07, 6.45) is 1.10. The normalized spacial score (nSPS) is 17.1. The van der Waals surface area contributed by atoms with Gasteiger partial charge in [0.15, 0.2) is 0 Å². The molecule has 0 aromatic rings. The number of hydrogen-bond acceptors (Lipinski definition) is 3. The summed E-state index contributed by atoms with van der Waals surface area (Å²) in [7, 11) is -0.428. The Hall–Kier alpha value is 0.314. The topological polar surface area (TPSA) is 27.7 Å². The molecule has 0 saturated heterocycles. The molecule has 0 spiro atoms. The minimum absolute atomic E-state index is 1.03. The highest BCUT2D eigenvalue weighted by Crippen LogP contribution is 2.20. The molecule has 3 nitrogen and oxygen atoms in total. The number of rotatable bonds is 6. The average molecular weight is 222 g/mol. The van der Waals surface area contributed by atoms with Crippen LogP contribution < -0.4 is 0 Å². The van der Waals surface area contributed by atoms with Crippen molar-refractivity contribution in [2.24, 2.45) is 0 Å². The van der Waals surface area contributed by atoms with Crippen LogP contribution >= 0.6 is 0 Å². The van der Waals surface area contributed by atoms with Gasteiger partial charge in [0, 0.05) is 14.2 Å². The van der Waals surface area contributed by atoms with E-state index < -0.39 is 17.1 Å². The molecule has 0 saturated carbocycles. The van der Waals surface area contributed by atoms with Gasteiger partial charge in [0.1, 0.15) is 0 Å². The Balaban J connectivity index is 4.25. The zero-order valence-electron chi connectivity index (χ0n) is 9.64. The molecule has 0 amide bonds. The standard InChI is InChI=1S/C8H22O3Si2/c1-7-8-13(6,10-3)11-12(4,5)9-2/h7-8H2,1-6H3. The van der Waals surface area contributed by atoms with Crippen molar-refractivity contribution < 1.29 is 13.0 Å². The van der Waals surface area contributed by atoms with E-state index in [1.165, 1.54) is 0 Å². The third-order valence-corrected chi connectivity index (χ3v) is 9.04. The van der Waals surface area contributed by atoms with Gasteiger partial charge in [-0.05, 0) is 25.7 Å². The first-order chi connectivity index (χ1) is 5.89. The van der Waals surface area contributed by atoms with Gasteiger partial charge in [-0.1, -0.05) is 13.3 Å². The van der Waals surface area contributed by atoms with E-state index in [2.05, 4.69) is 13.5 Å². The van der Waals surface area contributed by atoms with Gasteiger partial charge in [0.25, 0.3) is 0 Å². The SMILES string of the molecule is CCC[Si](C)(OC)O[Si](C)(C)OC. The molecule has 0 bridgehead atoms. The van der Waals surface area contributed by atoms with Gasteiger partial charge in [0.05, 0.1) is 0 Å². The van der Waals surface area contributed by atoms with Crippen LogP contribution in [0.4, 0.5) is 0 Å². The first-order valence-electron chi connectivity index (χ1n) is 4.69. The summed E-state index contributed by atoms with van der Waals surface area (Å²) in [4.78, 5) is 0. The van der Waals surface area contributed by atoms with Crippen LogP contribution in [0.3, 0.4) is 0 Å². The zero-order chi connectivity index (χ0) is 10.5. The molecule has 13 heavy (non-hydrogen) atoms. The molecule has 0 heterocycles. The summed E-state index contributed by atoms with van der Waals surface area (Å²) >= 11 is 0. The van der Waals surface area contributed by atoms with E-state index in [9.17, 15) is 0 Å².